The monoisotopic (exact) mass is 360 g/mol. The second kappa shape index (κ2) is 6.49. The van der Waals surface area contributed by atoms with Crippen LogP contribution in [0.3, 0.4) is 0 Å². The summed E-state index contributed by atoms with van der Waals surface area (Å²) in [5.74, 6) is 0.420. The molecule has 112 valence electrons. The van der Waals surface area contributed by atoms with Crippen molar-refractivity contribution >= 4 is 15.9 Å². The van der Waals surface area contributed by atoms with Crippen LogP contribution in [0.25, 0.3) is 0 Å². The summed E-state index contributed by atoms with van der Waals surface area (Å²) in [6, 6.07) is 13.4. The predicted octanol–water partition coefficient (Wildman–Crippen LogP) is 4.62. The highest BCUT2D eigenvalue weighted by Gasteiger charge is 2.40. The Labute approximate surface area is 128 Å². The molecule has 2 nitrogen and oxygen atoms in total. The molecule has 0 aliphatic heterocycles. The largest absolute Gasteiger partial charge is 0.489 e. The van der Waals surface area contributed by atoms with Crippen molar-refractivity contribution in [3.05, 3.63) is 64.1 Å². The number of benzene rings is 2. The van der Waals surface area contributed by atoms with Crippen molar-refractivity contribution in [2.45, 2.75) is 18.9 Å². The van der Waals surface area contributed by atoms with Crippen LogP contribution >= 0.6 is 15.9 Å². The molecule has 0 amide bonds. The molecule has 0 aromatic heterocycles. The molecular weight excluding hydrogens is 349 g/mol. The number of alkyl halides is 3. The molecule has 2 aromatic rings. The quantitative estimate of drug-likeness (QED) is 0.861. The molecule has 0 fully saturated rings. The third-order valence-electron chi connectivity index (χ3n) is 2.82. The van der Waals surface area contributed by atoms with E-state index < -0.39 is 12.3 Å². The van der Waals surface area contributed by atoms with Crippen molar-refractivity contribution in [3.63, 3.8) is 0 Å². The Morgan fingerprint density at radius 3 is 2.33 bits per heavy atom. The van der Waals surface area contributed by atoms with Crippen LogP contribution in [0.15, 0.2) is 53.0 Å². The SMILES string of the molecule is OC(c1ccc(OCc2ccccc2)cc1Br)C(F)(F)F. The van der Waals surface area contributed by atoms with Crippen LogP contribution in [0.4, 0.5) is 13.2 Å². The maximum Gasteiger partial charge on any atom is 0.418 e. The third kappa shape index (κ3) is 4.22. The van der Waals surface area contributed by atoms with Gasteiger partial charge < -0.3 is 9.84 Å². The maximum atomic E-state index is 12.5. The van der Waals surface area contributed by atoms with Crippen molar-refractivity contribution in [2.75, 3.05) is 0 Å². The van der Waals surface area contributed by atoms with Gasteiger partial charge in [0, 0.05) is 10.0 Å². The molecule has 2 rings (SSSR count). The van der Waals surface area contributed by atoms with Crippen LogP contribution < -0.4 is 4.74 Å². The molecule has 0 spiro atoms. The number of aliphatic hydroxyl groups excluding tert-OH is 1. The molecule has 0 heterocycles. The highest BCUT2D eigenvalue weighted by Crippen LogP contribution is 2.37. The van der Waals surface area contributed by atoms with E-state index in [1.165, 1.54) is 18.2 Å². The lowest BCUT2D eigenvalue weighted by atomic mass is 10.1. The average molecular weight is 361 g/mol. The molecule has 2 aromatic carbocycles. The topological polar surface area (TPSA) is 29.5 Å². The second-order valence-corrected chi connectivity index (χ2v) is 5.26. The molecule has 0 bridgehead atoms. The lowest BCUT2D eigenvalue weighted by molar-refractivity contribution is -0.207. The van der Waals surface area contributed by atoms with Crippen molar-refractivity contribution in [1.82, 2.24) is 0 Å². The Morgan fingerprint density at radius 2 is 1.76 bits per heavy atom. The number of hydrogen-bond donors (Lipinski definition) is 1. The van der Waals surface area contributed by atoms with E-state index in [1.54, 1.807) is 0 Å². The van der Waals surface area contributed by atoms with Gasteiger partial charge in [0.25, 0.3) is 0 Å². The average Bonchev–Trinajstić information content (AvgIpc) is 2.45. The van der Waals surface area contributed by atoms with E-state index in [0.29, 0.717) is 12.4 Å². The van der Waals surface area contributed by atoms with Crippen LogP contribution in [-0.2, 0) is 6.61 Å². The minimum Gasteiger partial charge on any atom is -0.489 e. The first-order valence-electron chi connectivity index (χ1n) is 6.09. The second-order valence-electron chi connectivity index (χ2n) is 4.40. The van der Waals surface area contributed by atoms with Gasteiger partial charge in [0.2, 0.25) is 0 Å². The van der Waals surface area contributed by atoms with Crippen molar-refractivity contribution in [1.29, 1.82) is 0 Å². The fourth-order valence-electron chi connectivity index (χ4n) is 1.74. The highest BCUT2D eigenvalue weighted by atomic mass is 79.9. The highest BCUT2D eigenvalue weighted by molar-refractivity contribution is 9.10. The first-order valence-corrected chi connectivity index (χ1v) is 6.88. The predicted molar refractivity (Wildman–Crippen MR) is 75.9 cm³/mol. The molecule has 1 atom stereocenters. The number of aliphatic hydroxyl groups is 1. The first-order chi connectivity index (χ1) is 9.88. The molecule has 0 aliphatic carbocycles. The summed E-state index contributed by atoms with van der Waals surface area (Å²) in [7, 11) is 0. The fourth-order valence-corrected chi connectivity index (χ4v) is 2.31. The van der Waals surface area contributed by atoms with Gasteiger partial charge in [-0.15, -0.1) is 0 Å². The van der Waals surface area contributed by atoms with E-state index in [-0.39, 0.29) is 10.0 Å². The molecule has 1 unspecified atom stereocenters. The fraction of sp³-hybridized carbons (Fsp3) is 0.200. The Bertz CT molecular complexity index is 600. The van der Waals surface area contributed by atoms with E-state index in [0.717, 1.165) is 5.56 Å². The number of halogens is 4. The van der Waals surface area contributed by atoms with E-state index >= 15 is 0 Å². The first kappa shape index (κ1) is 15.9. The lowest BCUT2D eigenvalue weighted by Gasteiger charge is -2.17. The summed E-state index contributed by atoms with van der Waals surface area (Å²) in [5.41, 5.74) is 0.711. The summed E-state index contributed by atoms with van der Waals surface area (Å²) < 4.78 is 43.1. The van der Waals surface area contributed by atoms with Crippen molar-refractivity contribution < 1.29 is 23.0 Å². The lowest BCUT2D eigenvalue weighted by Crippen LogP contribution is -2.20. The Balaban J connectivity index is 2.09. The minimum atomic E-state index is -4.70. The van der Waals surface area contributed by atoms with Crippen molar-refractivity contribution in [3.8, 4) is 5.75 Å². The van der Waals surface area contributed by atoms with Gasteiger partial charge in [-0.05, 0) is 17.7 Å². The zero-order valence-corrected chi connectivity index (χ0v) is 12.4. The zero-order valence-electron chi connectivity index (χ0n) is 10.8. The maximum absolute atomic E-state index is 12.5. The Hall–Kier alpha value is -1.53. The summed E-state index contributed by atoms with van der Waals surface area (Å²) in [6.07, 6.45) is -7.22. The van der Waals surface area contributed by atoms with Gasteiger partial charge in [-0.25, -0.2) is 0 Å². The van der Waals surface area contributed by atoms with Crippen molar-refractivity contribution in [2.24, 2.45) is 0 Å². The van der Waals surface area contributed by atoms with Gasteiger partial charge in [-0.3, -0.25) is 0 Å². The van der Waals surface area contributed by atoms with E-state index in [1.807, 2.05) is 30.3 Å². The Kier molecular flexibility index (Phi) is 4.90. The van der Waals surface area contributed by atoms with Gasteiger partial charge in [0.1, 0.15) is 12.4 Å². The van der Waals surface area contributed by atoms with Gasteiger partial charge in [-0.2, -0.15) is 13.2 Å². The van der Waals surface area contributed by atoms with Gasteiger partial charge >= 0.3 is 6.18 Å². The summed E-state index contributed by atoms with van der Waals surface area (Å²) in [5, 5.41) is 9.24. The molecule has 21 heavy (non-hydrogen) atoms. The smallest absolute Gasteiger partial charge is 0.418 e. The normalized spacial score (nSPS) is 13.0. The van der Waals surface area contributed by atoms with E-state index in [9.17, 15) is 18.3 Å². The molecular formula is C15H12BrF3O2. The van der Waals surface area contributed by atoms with Crippen LogP contribution in [-0.4, -0.2) is 11.3 Å². The van der Waals surface area contributed by atoms with Gasteiger partial charge in [-0.1, -0.05) is 52.3 Å². The van der Waals surface area contributed by atoms with Crippen LogP contribution in [0.5, 0.6) is 5.75 Å². The Morgan fingerprint density at radius 1 is 1.10 bits per heavy atom. The van der Waals surface area contributed by atoms with Crippen LogP contribution in [0.1, 0.15) is 17.2 Å². The summed E-state index contributed by atoms with van der Waals surface area (Å²) in [6.45, 7) is 0.314. The molecule has 0 radical (unpaired) electrons. The summed E-state index contributed by atoms with van der Waals surface area (Å²) in [4.78, 5) is 0. The third-order valence-corrected chi connectivity index (χ3v) is 3.51. The van der Waals surface area contributed by atoms with E-state index in [4.69, 9.17) is 4.74 Å². The summed E-state index contributed by atoms with van der Waals surface area (Å²) >= 11 is 3.03. The van der Waals surface area contributed by atoms with Crippen LogP contribution in [0.2, 0.25) is 0 Å². The van der Waals surface area contributed by atoms with Gasteiger partial charge in [0.05, 0.1) is 0 Å². The van der Waals surface area contributed by atoms with E-state index in [2.05, 4.69) is 15.9 Å². The molecule has 6 heteroatoms. The number of hydrogen-bond acceptors (Lipinski definition) is 2. The standard InChI is InChI=1S/C15H12BrF3O2/c16-13-8-11(21-9-10-4-2-1-3-5-10)6-7-12(13)14(20)15(17,18)19/h1-8,14,20H,9H2. The minimum absolute atomic E-state index is 0.151. The molecule has 0 aliphatic rings. The molecule has 0 saturated heterocycles. The number of ether oxygens (including phenoxy) is 1. The molecule has 1 N–H and O–H groups in total. The zero-order chi connectivity index (χ0) is 15.5. The van der Waals surface area contributed by atoms with Crippen LogP contribution in [0, 0.1) is 0 Å². The molecule has 0 saturated carbocycles. The van der Waals surface area contributed by atoms with Gasteiger partial charge in [0.15, 0.2) is 6.10 Å². The number of rotatable bonds is 4.